The fourth-order valence-electron chi connectivity index (χ4n) is 8.80. The van der Waals surface area contributed by atoms with Crippen LogP contribution in [0.4, 0.5) is 5.69 Å². The van der Waals surface area contributed by atoms with Crippen molar-refractivity contribution in [2.75, 3.05) is 4.90 Å². The minimum Gasteiger partial charge on any atom is -0.322 e. The van der Waals surface area contributed by atoms with E-state index >= 15 is 0 Å². The lowest BCUT2D eigenvalue weighted by atomic mass is 9.76. The molecule has 0 heterocycles. The van der Waals surface area contributed by atoms with Crippen LogP contribution in [0.25, 0.3) is 33.0 Å². The fraction of sp³-hybridized carbons (Fsp3) is 0.148. The second kappa shape index (κ2) is 21.0. The van der Waals surface area contributed by atoms with E-state index < -0.39 is 0 Å². The van der Waals surface area contributed by atoms with Crippen molar-refractivity contribution in [1.82, 2.24) is 0 Å². The van der Waals surface area contributed by atoms with Crippen molar-refractivity contribution in [3.05, 3.63) is 272 Å². The van der Waals surface area contributed by atoms with E-state index in [0.29, 0.717) is 0 Å². The molecule has 1 nitrogen and oxygen atoms in total. The van der Waals surface area contributed by atoms with Gasteiger partial charge in [0.05, 0.1) is 5.41 Å². The molecule has 0 aliphatic heterocycles. The van der Waals surface area contributed by atoms with Crippen LogP contribution in [0, 0.1) is 0 Å². The first-order valence-corrected chi connectivity index (χ1v) is 22.1. The average molecular weight is 806 g/mol. The zero-order valence-corrected chi connectivity index (χ0v) is 36.2. The predicted molar refractivity (Wildman–Crippen MR) is 271 cm³/mol. The highest BCUT2D eigenvalue weighted by Crippen LogP contribution is 2.48. The Hall–Kier alpha value is -6.96. The van der Waals surface area contributed by atoms with Crippen LogP contribution in [0.1, 0.15) is 71.9 Å². The van der Waals surface area contributed by atoms with Crippen molar-refractivity contribution in [2.24, 2.45) is 0 Å². The average Bonchev–Trinajstić information content (AvgIpc) is 3.65. The van der Waals surface area contributed by atoms with Gasteiger partial charge in [-0.05, 0) is 136 Å². The summed E-state index contributed by atoms with van der Waals surface area (Å²) in [5.41, 5.74) is 14.3. The van der Waals surface area contributed by atoms with E-state index in [2.05, 4.69) is 207 Å². The highest BCUT2D eigenvalue weighted by molar-refractivity contribution is 5.96. The summed E-state index contributed by atoms with van der Waals surface area (Å²) >= 11 is 0. The first-order chi connectivity index (χ1) is 30.5. The van der Waals surface area contributed by atoms with E-state index in [9.17, 15) is 0 Å². The summed E-state index contributed by atoms with van der Waals surface area (Å²) in [5.74, 6) is 0. The van der Waals surface area contributed by atoms with Crippen LogP contribution < -0.4 is 4.90 Å². The Morgan fingerprint density at radius 2 is 1.31 bits per heavy atom. The SMILES string of the molecule is C=CCC/C=C/C1(c2ccccc2)C=C(CCC(=C)N(/C=C/C=C(\C=C)c2ccc(CCC=C)c(CCC=C)c2)c2ccc(-c3cccc4ccccc34)cc2)c2ccccc21. The van der Waals surface area contributed by atoms with Crippen LogP contribution >= 0.6 is 0 Å². The van der Waals surface area contributed by atoms with Crippen molar-refractivity contribution in [2.45, 2.75) is 56.8 Å². The summed E-state index contributed by atoms with van der Waals surface area (Å²) in [5, 5.41) is 2.49. The molecule has 62 heavy (non-hydrogen) atoms. The Morgan fingerprint density at radius 1 is 0.613 bits per heavy atom. The number of unbranched alkanes of at least 4 members (excludes halogenated alkanes) is 1. The minimum absolute atomic E-state index is 0.339. The second-order valence-corrected chi connectivity index (χ2v) is 16.0. The highest BCUT2D eigenvalue weighted by atomic mass is 15.1. The van der Waals surface area contributed by atoms with Gasteiger partial charge < -0.3 is 4.90 Å². The van der Waals surface area contributed by atoms with Gasteiger partial charge in [-0.15, -0.1) is 19.7 Å². The van der Waals surface area contributed by atoms with Gasteiger partial charge >= 0.3 is 0 Å². The quantitative estimate of drug-likeness (QED) is 0.0398. The molecule has 0 fully saturated rings. The van der Waals surface area contributed by atoms with Gasteiger partial charge in [0.25, 0.3) is 0 Å². The van der Waals surface area contributed by atoms with Gasteiger partial charge in [0.2, 0.25) is 0 Å². The molecule has 1 atom stereocenters. The molecule has 0 N–H and O–H groups in total. The van der Waals surface area contributed by atoms with Crippen LogP contribution in [-0.4, -0.2) is 0 Å². The molecule has 0 spiro atoms. The molecule has 308 valence electrons. The summed E-state index contributed by atoms with van der Waals surface area (Å²) < 4.78 is 0. The third-order valence-electron chi connectivity index (χ3n) is 12.1. The van der Waals surface area contributed by atoms with Gasteiger partial charge in [-0.25, -0.2) is 0 Å². The minimum atomic E-state index is -0.339. The Morgan fingerprint density at radius 3 is 2.08 bits per heavy atom. The van der Waals surface area contributed by atoms with Crippen molar-refractivity contribution < 1.29 is 0 Å². The lowest BCUT2D eigenvalue weighted by Crippen LogP contribution is -2.20. The smallest absolute Gasteiger partial charge is 0.0574 e. The molecule has 0 amide bonds. The third kappa shape index (κ3) is 9.80. The maximum absolute atomic E-state index is 4.75. The van der Waals surface area contributed by atoms with E-state index in [1.54, 1.807) is 0 Å². The molecule has 0 saturated heterocycles. The molecule has 1 heteroatoms. The number of nitrogens with zero attached hydrogens (tertiary/aromatic N) is 1. The Kier molecular flexibility index (Phi) is 14.6. The van der Waals surface area contributed by atoms with E-state index in [4.69, 9.17) is 6.58 Å². The zero-order valence-electron chi connectivity index (χ0n) is 36.2. The maximum atomic E-state index is 4.75. The van der Waals surface area contributed by atoms with Gasteiger partial charge in [-0.3, -0.25) is 0 Å². The molecule has 6 aromatic carbocycles. The Bertz CT molecular complexity index is 2660. The van der Waals surface area contributed by atoms with Gasteiger partial charge in [0.1, 0.15) is 0 Å². The molecule has 0 bridgehead atoms. The summed E-state index contributed by atoms with van der Waals surface area (Å²) in [6, 6.07) is 50.7. The first kappa shape index (κ1) is 43.1. The molecule has 6 aromatic rings. The number of anilines is 1. The zero-order chi connectivity index (χ0) is 43.2. The normalized spacial score (nSPS) is 14.8. The van der Waals surface area contributed by atoms with Crippen LogP contribution in [0.15, 0.2) is 239 Å². The number of allylic oxidation sites excluding steroid dienone is 12. The fourth-order valence-corrected chi connectivity index (χ4v) is 8.80. The third-order valence-corrected chi connectivity index (χ3v) is 12.1. The Labute approximate surface area is 371 Å². The Balaban J connectivity index is 1.22. The largest absolute Gasteiger partial charge is 0.322 e. The summed E-state index contributed by atoms with van der Waals surface area (Å²) in [6.45, 7) is 20.9. The van der Waals surface area contributed by atoms with Gasteiger partial charge in [0.15, 0.2) is 0 Å². The molecular formula is C61H59N. The number of benzene rings is 6. The summed E-state index contributed by atoms with van der Waals surface area (Å²) in [4.78, 5) is 2.25. The van der Waals surface area contributed by atoms with Crippen molar-refractivity contribution in [3.8, 4) is 11.1 Å². The van der Waals surface area contributed by atoms with Crippen LogP contribution in [0.5, 0.6) is 0 Å². The molecule has 0 aromatic heterocycles. The van der Waals surface area contributed by atoms with Crippen LogP contribution in [0.3, 0.4) is 0 Å². The van der Waals surface area contributed by atoms with E-state index in [0.717, 1.165) is 73.9 Å². The number of rotatable bonds is 21. The van der Waals surface area contributed by atoms with Crippen LogP contribution in [-0.2, 0) is 18.3 Å². The van der Waals surface area contributed by atoms with Crippen molar-refractivity contribution in [1.29, 1.82) is 0 Å². The number of aryl methyl sites for hydroxylation is 2. The molecule has 1 unspecified atom stereocenters. The number of hydrogen-bond acceptors (Lipinski definition) is 1. The van der Waals surface area contributed by atoms with E-state index in [1.807, 2.05) is 24.3 Å². The molecule has 1 aliphatic carbocycles. The second-order valence-electron chi connectivity index (χ2n) is 16.0. The van der Waals surface area contributed by atoms with E-state index in [-0.39, 0.29) is 5.41 Å². The molecule has 1 aliphatic rings. The van der Waals surface area contributed by atoms with Gasteiger partial charge in [-0.2, -0.15) is 0 Å². The van der Waals surface area contributed by atoms with Gasteiger partial charge in [0, 0.05) is 17.6 Å². The number of hydrogen-bond donors (Lipinski definition) is 0. The molecule has 0 saturated carbocycles. The van der Waals surface area contributed by atoms with E-state index in [1.165, 1.54) is 55.3 Å². The molecule has 7 rings (SSSR count). The van der Waals surface area contributed by atoms with Crippen molar-refractivity contribution in [3.63, 3.8) is 0 Å². The summed E-state index contributed by atoms with van der Waals surface area (Å²) in [6.07, 6.45) is 29.0. The standard InChI is InChI=1S/C61H59N/c1-6-10-13-21-43-61(55-29-15-14-16-30-55)46-54(59-32-19-20-34-60(59)61)36-35-47(5)62(56-41-39-51(40-42-56)58-33-22-27-50-26-17-18-31-57(50)58)44-23-28-48(9-4)53-38-37-49(24-11-7-2)52(45-53)25-12-8-3/h6-9,14-23,26-34,37-46H,1-5,10-13,24-25,35-36H2/b43-21+,44-23+,48-28+. The highest BCUT2D eigenvalue weighted by Gasteiger charge is 2.37. The lowest BCUT2D eigenvalue weighted by molar-refractivity contribution is 0.822. The first-order valence-electron chi connectivity index (χ1n) is 22.1. The summed E-state index contributed by atoms with van der Waals surface area (Å²) in [7, 11) is 0. The maximum Gasteiger partial charge on any atom is 0.0574 e. The monoisotopic (exact) mass is 805 g/mol. The van der Waals surface area contributed by atoms with Gasteiger partial charge in [-0.1, -0.05) is 189 Å². The lowest BCUT2D eigenvalue weighted by Gasteiger charge is -2.26. The predicted octanol–water partition coefficient (Wildman–Crippen LogP) is 16.5. The van der Waals surface area contributed by atoms with Crippen molar-refractivity contribution >= 4 is 27.6 Å². The molecule has 0 radical (unpaired) electrons. The number of fused-ring (bicyclic) bond motifs is 2. The molecular weight excluding hydrogens is 747 g/mol. The topological polar surface area (TPSA) is 3.24 Å². The van der Waals surface area contributed by atoms with Crippen LogP contribution in [0.2, 0.25) is 0 Å².